The van der Waals surface area contributed by atoms with Gasteiger partial charge in [0.2, 0.25) is 10.0 Å². The highest BCUT2D eigenvalue weighted by molar-refractivity contribution is 7.89. The fourth-order valence-corrected chi connectivity index (χ4v) is 4.86. The summed E-state index contributed by atoms with van der Waals surface area (Å²) in [7, 11) is -2.19. The summed E-state index contributed by atoms with van der Waals surface area (Å²) in [4.78, 5) is 14.2. The van der Waals surface area contributed by atoms with Gasteiger partial charge in [-0.25, -0.2) is 12.8 Å². The molecule has 0 atom stereocenters. The van der Waals surface area contributed by atoms with Crippen LogP contribution in [-0.4, -0.2) is 43.7 Å². The molecule has 2 aromatic carbocycles. The molecule has 0 fully saturated rings. The summed E-state index contributed by atoms with van der Waals surface area (Å²) >= 11 is 6.03. The Kier molecular flexibility index (Phi) is 7.20. The molecule has 0 saturated heterocycles. The zero-order valence-electron chi connectivity index (χ0n) is 16.4. The van der Waals surface area contributed by atoms with Crippen LogP contribution in [0.2, 0.25) is 5.02 Å². The number of rotatable bonds is 7. The Hall–Kier alpha value is -1.96. The highest BCUT2D eigenvalue weighted by Crippen LogP contribution is 2.24. The lowest BCUT2D eigenvalue weighted by molar-refractivity contribution is 0.0783. The number of hydrogen-bond donors (Lipinski definition) is 0. The van der Waals surface area contributed by atoms with E-state index in [-0.39, 0.29) is 27.6 Å². The first-order valence-electron chi connectivity index (χ1n) is 8.92. The van der Waals surface area contributed by atoms with Crippen LogP contribution in [0.5, 0.6) is 0 Å². The van der Waals surface area contributed by atoms with E-state index < -0.39 is 21.7 Å². The van der Waals surface area contributed by atoms with Crippen molar-refractivity contribution in [3.05, 3.63) is 63.9 Å². The van der Waals surface area contributed by atoms with Gasteiger partial charge in [0.1, 0.15) is 5.82 Å². The second-order valence-electron chi connectivity index (χ2n) is 6.43. The third-order valence-corrected chi connectivity index (χ3v) is 7.11. The van der Waals surface area contributed by atoms with Crippen molar-refractivity contribution < 1.29 is 17.6 Å². The molecule has 5 nitrogen and oxygen atoms in total. The van der Waals surface area contributed by atoms with E-state index in [1.807, 2.05) is 0 Å². The summed E-state index contributed by atoms with van der Waals surface area (Å²) in [5.74, 6) is -0.920. The molecule has 0 unspecified atom stereocenters. The van der Waals surface area contributed by atoms with E-state index in [0.29, 0.717) is 18.7 Å². The number of carbonyl (C=O) groups is 1. The minimum absolute atomic E-state index is 0.0314. The van der Waals surface area contributed by atoms with E-state index in [9.17, 15) is 17.6 Å². The number of aryl methyl sites for hydroxylation is 1. The minimum atomic E-state index is -3.70. The van der Waals surface area contributed by atoms with Crippen LogP contribution in [0.3, 0.4) is 0 Å². The molecular formula is C20H24ClFN2O3S. The summed E-state index contributed by atoms with van der Waals surface area (Å²) in [6.45, 7) is 5.85. The van der Waals surface area contributed by atoms with Crippen molar-refractivity contribution in [1.82, 2.24) is 9.21 Å². The molecule has 2 rings (SSSR count). The van der Waals surface area contributed by atoms with Gasteiger partial charge in [0, 0.05) is 42.8 Å². The quantitative estimate of drug-likeness (QED) is 0.670. The van der Waals surface area contributed by atoms with Gasteiger partial charge < -0.3 is 4.90 Å². The van der Waals surface area contributed by atoms with Crippen LogP contribution in [0.4, 0.5) is 4.39 Å². The summed E-state index contributed by atoms with van der Waals surface area (Å²) in [6, 6.07) is 8.88. The maximum atomic E-state index is 14.0. The van der Waals surface area contributed by atoms with Crippen molar-refractivity contribution in [3.63, 3.8) is 0 Å². The molecule has 0 aliphatic carbocycles. The van der Waals surface area contributed by atoms with Crippen LogP contribution < -0.4 is 0 Å². The average molecular weight is 427 g/mol. The second kappa shape index (κ2) is 9.03. The van der Waals surface area contributed by atoms with Crippen LogP contribution >= 0.6 is 11.6 Å². The molecule has 0 radical (unpaired) electrons. The van der Waals surface area contributed by atoms with Crippen LogP contribution in [0.15, 0.2) is 41.3 Å². The normalized spacial score (nSPS) is 11.7. The molecule has 0 bridgehead atoms. The van der Waals surface area contributed by atoms with Crippen molar-refractivity contribution in [3.8, 4) is 0 Å². The van der Waals surface area contributed by atoms with E-state index in [1.165, 1.54) is 34.5 Å². The first-order chi connectivity index (χ1) is 13.1. The van der Waals surface area contributed by atoms with Gasteiger partial charge in [0.15, 0.2) is 0 Å². The number of benzene rings is 2. The maximum absolute atomic E-state index is 14.0. The molecule has 0 N–H and O–H groups in total. The Labute approximate surface area is 170 Å². The zero-order chi connectivity index (χ0) is 21.1. The van der Waals surface area contributed by atoms with E-state index >= 15 is 0 Å². The van der Waals surface area contributed by atoms with Gasteiger partial charge in [0.05, 0.1) is 4.90 Å². The van der Waals surface area contributed by atoms with Crippen molar-refractivity contribution in [1.29, 1.82) is 0 Å². The first-order valence-corrected chi connectivity index (χ1v) is 10.7. The van der Waals surface area contributed by atoms with Crippen LogP contribution in [0.1, 0.15) is 35.3 Å². The van der Waals surface area contributed by atoms with Gasteiger partial charge in [-0.2, -0.15) is 4.31 Å². The Balaban J connectivity index is 2.37. The monoisotopic (exact) mass is 426 g/mol. The predicted octanol–water partition coefficient (Wildman–Crippen LogP) is 4.09. The fourth-order valence-electron chi connectivity index (χ4n) is 2.93. The number of amides is 1. The minimum Gasteiger partial charge on any atom is -0.337 e. The topological polar surface area (TPSA) is 57.7 Å². The van der Waals surface area contributed by atoms with Gasteiger partial charge in [-0.05, 0) is 36.8 Å². The second-order valence-corrected chi connectivity index (χ2v) is 8.74. The summed E-state index contributed by atoms with van der Waals surface area (Å²) in [5.41, 5.74) is 0.984. The third-order valence-electron chi connectivity index (χ3n) is 4.56. The molecule has 0 heterocycles. The molecular weight excluding hydrogens is 403 g/mol. The standard InChI is InChI=1S/C20H24ClFN2O3S/c1-5-24(6-2)28(26,27)19-12-15(11-10-14(19)3)20(25)23(4)13-16-17(21)8-7-9-18(16)22/h7-12H,5-6,13H2,1-4H3. The SMILES string of the molecule is CCN(CC)S(=O)(=O)c1cc(C(=O)N(C)Cc2c(F)cccc2Cl)ccc1C. The molecule has 0 aliphatic heterocycles. The Morgan fingerprint density at radius 2 is 1.79 bits per heavy atom. The zero-order valence-corrected chi connectivity index (χ0v) is 17.9. The predicted molar refractivity (Wildman–Crippen MR) is 108 cm³/mol. The van der Waals surface area contributed by atoms with Crippen molar-refractivity contribution in [2.75, 3.05) is 20.1 Å². The number of hydrogen-bond acceptors (Lipinski definition) is 3. The van der Waals surface area contributed by atoms with Gasteiger partial charge >= 0.3 is 0 Å². The number of halogens is 2. The molecule has 28 heavy (non-hydrogen) atoms. The molecule has 0 saturated carbocycles. The van der Waals surface area contributed by atoms with Crippen LogP contribution in [0.25, 0.3) is 0 Å². The lowest BCUT2D eigenvalue weighted by Gasteiger charge is -2.22. The summed E-state index contributed by atoms with van der Waals surface area (Å²) in [5, 5.41) is 0.230. The Morgan fingerprint density at radius 3 is 2.36 bits per heavy atom. The molecule has 0 aliphatic rings. The number of sulfonamides is 1. The molecule has 0 aromatic heterocycles. The Bertz CT molecular complexity index is 955. The van der Waals surface area contributed by atoms with E-state index in [2.05, 4.69) is 0 Å². The van der Waals surface area contributed by atoms with Gasteiger partial charge in [-0.15, -0.1) is 0 Å². The molecule has 0 spiro atoms. The lowest BCUT2D eigenvalue weighted by Crippen LogP contribution is -2.32. The summed E-state index contributed by atoms with van der Waals surface area (Å²) < 4.78 is 41.1. The highest BCUT2D eigenvalue weighted by Gasteiger charge is 2.25. The van der Waals surface area contributed by atoms with E-state index in [4.69, 9.17) is 11.6 Å². The third kappa shape index (κ3) is 4.54. The van der Waals surface area contributed by atoms with Crippen LogP contribution in [0, 0.1) is 12.7 Å². The number of carbonyl (C=O) groups excluding carboxylic acids is 1. The Morgan fingerprint density at radius 1 is 1.14 bits per heavy atom. The first kappa shape index (κ1) is 22.3. The average Bonchev–Trinajstić information content (AvgIpc) is 2.65. The van der Waals surface area contributed by atoms with Crippen LogP contribution in [-0.2, 0) is 16.6 Å². The highest BCUT2D eigenvalue weighted by atomic mass is 35.5. The fraction of sp³-hybridized carbons (Fsp3) is 0.350. The smallest absolute Gasteiger partial charge is 0.253 e. The number of nitrogens with zero attached hydrogens (tertiary/aromatic N) is 2. The summed E-state index contributed by atoms with van der Waals surface area (Å²) in [6.07, 6.45) is 0. The molecule has 8 heteroatoms. The van der Waals surface area contributed by atoms with Gasteiger partial charge in [0.25, 0.3) is 5.91 Å². The molecule has 2 aromatic rings. The van der Waals surface area contributed by atoms with Crippen molar-refractivity contribution in [2.24, 2.45) is 0 Å². The van der Waals surface area contributed by atoms with E-state index in [1.54, 1.807) is 39.0 Å². The molecule has 152 valence electrons. The largest absolute Gasteiger partial charge is 0.337 e. The molecule has 1 amide bonds. The van der Waals surface area contributed by atoms with Gasteiger partial charge in [-0.3, -0.25) is 4.79 Å². The van der Waals surface area contributed by atoms with Crippen molar-refractivity contribution in [2.45, 2.75) is 32.2 Å². The van der Waals surface area contributed by atoms with Crippen molar-refractivity contribution >= 4 is 27.5 Å². The van der Waals surface area contributed by atoms with Gasteiger partial charge in [-0.1, -0.05) is 37.6 Å². The maximum Gasteiger partial charge on any atom is 0.253 e. The lowest BCUT2D eigenvalue weighted by atomic mass is 10.1. The van der Waals surface area contributed by atoms with E-state index in [0.717, 1.165) is 0 Å².